The average molecular weight is 228 g/mol. The Morgan fingerprint density at radius 3 is 2.69 bits per heavy atom. The molecule has 16 heavy (non-hydrogen) atoms. The van der Waals surface area contributed by atoms with Crippen molar-refractivity contribution < 1.29 is 14.7 Å². The van der Waals surface area contributed by atoms with Gasteiger partial charge in [0, 0.05) is 20.0 Å². The molecule has 0 aromatic rings. The van der Waals surface area contributed by atoms with Crippen LogP contribution in [-0.2, 0) is 9.59 Å². The molecule has 1 saturated heterocycles. The maximum Gasteiger partial charge on any atom is 0.323 e. The van der Waals surface area contributed by atoms with Crippen LogP contribution in [0.4, 0.5) is 0 Å². The Labute approximate surface area is 95.8 Å². The first-order valence-corrected chi connectivity index (χ1v) is 5.70. The highest BCUT2D eigenvalue weighted by Gasteiger charge is 2.40. The zero-order valence-corrected chi connectivity index (χ0v) is 9.95. The van der Waals surface area contributed by atoms with Crippen molar-refractivity contribution in [3.63, 3.8) is 0 Å². The molecular formula is C11H20N2O3. The lowest BCUT2D eigenvalue weighted by Crippen LogP contribution is -2.56. The van der Waals surface area contributed by atoms with E-state index < -0.39 is 11.5 Å². The lowest BCUT2D eigenvalue weighted by molar-refractivity contribution is -0.152. The highest BCUT2D eigenvalue weighted by molar-refractivity contribution is 5.78. The lowest BCUT2D eigenvalue weighted by Gasteiger charge is -2.41. The second-order valence-corrected chi connectivity index (χ2v) is 4.51. The topological polar surface area (TPSA) is 69.6 Å². The summed E-state index contributed by atoms with van der Waals surface area (Å²) in [5.41, 5.74) is -0.767. The molecule has 1 unspecified atom stereocenters. The van der Waals surface area contributed by atoms with Gasteiger partial charge in [-0.3, -0.25) is 14.5 Å². The molecule has 1 aliphatic heterocycles. The number of hydrogen-bond donors (Lipinski definition) is 2. The fourth-order valence-electron chi connectivity index (χ4n) is 2.14. The normalized spacial score (nSPS) is 26.4. The summed E-state index contributed by atoms with van der Waals surface area (Å²) in [6.07, 6.45) is 2.67. The summed E-state index contributed by atoms with van der Waals surface area (Å²) < 4.78 is 0. The number of carbonyl (C=O) groups excluding carboxylic acids is 1. The number of hydrogen-bond acceptors (Lipinski definition) is 3. The Bertz CT molecular complexity index is 280. The number of carboxylic acids is 1. The molecular weight excluding hydrogens is 208 g/mol. The molecule has 1 rings (SSSR count). The number of likely N-dealkylation sites (tertiary alicyclic amines) is 1. The molecule has 0 bridgehead atoms. The van der Waals surface area contributed by atoms with E-state index in [2.05, 4.69) is 5.32 Å². The SMILES string of the molecule is CC(=O)NCCN1CCCCC1(C)C(=O)O. The van der Waals surface area contributed by atoms with Crippen LogP contribution in [0.25, 0.3) is 0 Å². The fourth-order valence-corrected chi connectivity index (χ4v) is 2.14. The molecule has 2 N–H and O–H groups in total. The summed E-state index contributed by atoms with van der Waals surface area (Å²) in [7, 11) is 0. The van der Waals surface area contributed by atoms with E-state index in [1.807, 2.05) is 4.90 Å². The lowest BCUT2D eigenvalue weighted by atomic mass is 9.88. The minimum atomic E-state index is -0.768. The van der Waals surface area contributed by atoms with Crippen LogP contribution in [0.5, 0.6) is 0 Å². The molecule has 0 saturated carbocycles. The predicted octanol–water partition coefficient (Wildman–Crippen LogP) is 0.452. The fraction of sp³-hybridized carbons (Fsp3) is 0.818. The number of carbonyl (C=O) groups is 2. The maximum atomic E-state index is 11.3. The van der Waals surface area contributed by atoms with Crippen molar-refractivity contribution in [2.45, 2.75) is 38.6 Å². The monoisotopic (exact) mass is 228 g/mol. The van der Waals surface area contributed by atoms with E-state index in [4.69, 9.17) is 0 Å². The van der Waals surface area contributed by atoms with Gasteiger partial charge in [-0.2, -0.15) is 0 Å². The molecule has 92 valence electrons. The van der Waals surface area contributed by atoms with Gasteiger partial charge in [0.2, 0.25) is 5.91 Å². The van der Waals surface area contributed by atoms with E-state index in [0.717, 1.165) is 19.4 Å². The minimum Gasteiger partial charge on any atom is -0.480 e. The van der Waals surface area contributed by atoms with Gasteiger partial charge in [0.15, 0.2) is 0 Å². The summed E-state index contributed by atoms with van der Waals surface area (Å²) in [4.78, 5) is 23.9. The maximum absolute atomic E-state index is 11.3. The van der Waals surface area contributed by atoms with Gasteiger partial charge in [0.1, 0.15) is 5.54 Å². The van der Waals surface area contributed by atoms with E-state index in [9.17, 15) is 14.7 Å². The van der Waals surface area contributed by atoms with Crippen molar-refractivity contribution in [1.29, 1.82) is 0 Å². The predicted molar refractivity (Wildman–Crippen MR) is 60.1 cm³/mol. The number of nitrogens with one attached hydrogen (secondary N) is 1. The smallest absolute Gasteiger partial charge is 0.323 e. The molecule has 0 aromatic carbocycles. The summed E-state index contributed by atoms with van der Waals surface area (Å²) in [6.45, 7) is 5.14. The summed E-state index contributed by atoms with van der Waals surface area (Å²) >= 11 is 0. The van der Waals surface area contributed by atoms with Gasteiger partial charge in [-0.05, 0) is 32.7 Å². The Balaban J connectivity index is 2.54. The van der Waals surface area contributed by atoms with E-state index in [1.54, 1.807) is 6.92 Å². The number of rotatable bonds is 4. The Kier molecular flexibility index (Phi) is 4.29. The van der Waals surface area contributed by atoms with E-state index >= 15 is 0 Å². The van der Waals surface area contributed by atoms with Crippen LogP contribution in [0.1, 0.15) is 33.1 Å². The Hall–Kier alpha value is -1.10. The molecule has 0 aliphatic carbocycles. The van der Waals surface area contributed by atoms with E-state index in [1.165, 1.54) is 6.92 Å². The molecule has 1 heterocycles. The van der Waals surface area contributed by atoms with Crippen LogP contribution < -0.4 is 5.32 Å². The summed E-state index contributed by atoms with van der Waals surface area (Å²) in [5.74, 6) is -0.843. The standard InChI is InChI=1S/C11H20N2O3/c1-9(14)12-6-8-13-7-4-3-5-11(13,2)10(15)16/h3-8H2,1-2H3,(H,12,14)(H,15,16). The third-order valence-electron chi connectivity index (χ3n) is 3.26. The second-order valence-electron chi connectivity index (χ2n) is 4.51. The molecule has 1 aliphatic rings. The van der Waals surface area contributed by atoms with Crippen molar-refractivity contribution >= 4 is 11.9 Å². The molecule has 0 spiro atoms. The molecule has 1 amide bonds. The Morgan fingerprint density at radius 2 is 2.12 bits per heavy atom. The second kappa shape index (κ2) is 5.30. The first-order valence-electron chi connectivity index (χ1n) is 5.70. The van der Waals surface area contributed by atoms with Gasteiger partial charge in [0.05, 0.1) is 0 Å². The van der Waals surface area contributed by atoms with Gasteiger partial charge in [-0.15, -0.1) is 0 Å². The number of nitrogens with zero attached hydrogens (tertiary/aromatic N) is 1. The highest BCUT2D eigenvalue weighted by atomic mass is 16.4. The highest BCUT2D eigenvalue weighted by Crippen LogP contribution is 2.27. The van der Waals surface area contributed by atoms with Gasteiger partial charge >= 0.3 is 5.97 Å². The van der Waals surface area contributed by atoms with Crippen LogP contribution in [-0.4, -0.2) is 47.1 Å². The van der Waals surface area contributed by atoms with Gasteiger partial charge in [-0.1, -0.05) is 0 Å². The molecule has 5 nitrogen and oxygen atoms in total. The molecule has 1 atom stereocenters. The van der Waals surface area contributed by atoms with E-state index in [0.29, 0.717) is 19.5 Å². The third-order valence-corrected chi connectivity index (χ3v) is 3.26. The summed E-state index contributed by atoms with van der Waals surface area (Å²) in [5, 5.41) is 11.9. The summed E-state index contributed by atoms with van der Waals surface area (Å²) in [6, 6.07) is 0. The zero-order chi connectivity index (χ0) is 12.2. The van der Waals surface area contributed by atoms with Crippen LogP contribution in [0, 0.1) is 0 Å². The van der Waals surface area contributed by atoms with Crippen molar-refractivity contribution in [2.24, 2.45) is 0 Å². The number of piperidine rings is 1. The molecule has 1 fully saturated rings. The molecule has 5 heteroatoms. The first-order chi connectivity index (χ1) is 7.47. The third kappa shape index (κ3) is 2.95. The zero-order valence-electron chi connectivity index (χ0n) is 9.95. The van der Waals surface area contributed by atoms with E-state index in [-0.39, 0.29) is 5.91 Å². The Morgan fingerprint density at radius 1 is 1.44 bits per heavy atom. The number of amides is 1. The van der Waals surface area contributed by atoms with Crippen LogP contribution in [0.3, 0.4) is 0 Å². The largest absolute Gasteiger partial charge is 0.480 e. The first kappa shape index (κ1) is 13.0. The quantitative estimate of drug-likeness (QED) is 0.733. The van der Waals surface area contributed by atoms with Crippen molar-refractivity contribution in [2.75, 3.05) is 19.6 Å². The minimum absolute atomic E-state index is 0.0750. The average Bonchev–Trinajstić information content (AvgIpc) is 2.20. The van der Waals surface area contributed by atoms with Gasteiger partial charge < -0.3 is 10.4 Å². The molecule has 0 aromatic heterocycles. The van der Waals surface area contributed by atoms with Gasteiger partial charge in [-0.25, -0.2) is 0 Å². The van der Waals surface area contributed by atoms with Crippen LogP contribution in [0.15, 0.2) is 0 Å². The number of carboxylic acid groups (broad SMARTS) is 1. The molecule has 0 radical (unpaired) electrons. The van der Waals surface area contributed by atoms with Crippen LogP contribution >= 0.6 is 0 Å². The van der Waals surface area contributed by atoms with Crippen LogP contribution in [0.2, 0.25) is 0 Å². The van der Waals surface area contributed by atoms with Crippen molar-refractivity contribution in [3.05, 3.63) is 0 Å². The number of aliphatic carboxylic acids is 1. The van der Waals surface area contributed by atoms with Gasteiger partial charge in [0.25, 0.3) is 0 Å². The van der Waals surface area contributed by atoms with Crippen molar-refractivity contribution in [3.8, 4) is 0 Å². The van der Waals surface area contributed by atoms with Crippen molar-refractivity contribution in [1.82, 2.24) is 10.2 Å².